The maximum Gasteiger partial charge on any atom is 0.176 e. The minimum absolute atomic E-state index is 0.0183. The first-order valence-corrected chi connectivity index (χ1v) is 7.43. The highest BCUT2D eigenvalue weighted by Gasteiger charge is 2.14. The van der Waals surface area contributed by atoms with Gasteiger partial charge in [0.05, 0.1) is 17.9 Å². The molecular formula is C16H14F2O2S. The van der Waals surface area contributed by atoms with Crippen molar-refractivity contribution in [1.82, 2.24) is 0 Å². The highest BCUT2D eigenvalue weighted by atomic mass is 32.2. The number of para-hydroxylation sites is 1. The van der Waals surface area contributed by atoms with Crippen LogP contribution < -0.4 is 4.74 Å². The van der Waals surface area contributed by atoms with Gasteiger partial charge in [-0.15, -0.1) is 11.8 Å². The van der Waals surface area contributed by atoms with Gasteiger partial charge in [0.25, 0.3) is 0 Å². The second-order valence-corrected chi connectivity index (χ2v) is 5.23. The molecule has 2 nitrogen and oxygen atoms in total. The summed E-state index contributed by atoms with van der Waals surface area (Å²) in [6.45, 7) is 2.29. The quantitative estimate of drug-likeness (QED) is 0.586. The smallest absolute Gasteiger partial charge is 0.176 e. The summed E-state index contributed by atoms with van der Waals surface area (Å²) in [7, 11) is 0. The minimum atomic E-state index is -0.535. The molecule has 0 fully saturated rings. The van der Waals surface area contributed by atoms with Crippen LogP contribution in [0.15, 0.2) is 47.4 Å². The molecule has 0 heterocycles. The van der Waals surface area contributed by atoms with Crippen LogP contribution in [0.2, 0.25) is 0 Å². The van der Waals surface area contributed by atoms with E-state index in [0.717, 1.165) is 30.0 Å². The van der Waals surface area contributed by atoms with Crippen molar-refractivity contribution in [1.29, 1.82) is 0 Å². The van der Waals surface area contributed by atoms with Crippen molar-refractivity contribution in [2.45, 2.75) is 11.8 Å². The Balaban J connectivity index is 2.10. The number of halogens is 2. The molecule has 0 aromatic heterocycles. The monoisotopic (exact) mass is 308 g/mol. The van der Waals surface area contributed by atoms with Crippen LogP contribution in [0.5, 0.6) is 5.75 Å². The molecule has 0 amide bonds. The second-order valence-electron chi connectivity index (χ2n) is 4.22. The van der Waals surface area contributed by atoms with Crippen molar-refractivity contribution >= 4 is 17.5 Å². The molecule has 0 N–H and O–H groups in total. The van der Waals surface area contributed by atoms with Gasteiger partial charge in [0.15, 0.2) is 5.78 Å². The third kappa shape index (κ3) is 4.04. The Kier molecular flexibility index (Phi) is 5.33. The minimum Gasteiger partial charge on any atom is -0.493 e. The average Bonchev–Trinajstić information content (AvgIpc) is 2.49. The Morgan fingerprint density at radius 3 is 2.71 bits per heavy atom. The van der Waals surface area contributed by atoms with Crippen molar-refractivity contribution in [3.8, 4) is 5.75 Å². The number of Topliss-reactive ketones (excluding diaryl/α,β-unsaturated/α-hetero) is 1. The van der Waals surface area contributed by atoms with E-state index in [4.69, 9.17) is 4.74 Å². The van der Waals surface area contributed by atoms with Crippen LogP contribution in [0.1, 0.15) is 17.3 Å². The SMILES string of the molecule is CCOc1ccccc1C(=O)CSc1cc(F)ccc1F. The van der Waals surface area contributed by atoms with Gasteiger partial charge in [0.1, 0.15) is 17.4 Å². The van der Waals surface area contributed by atoms with Crippen LogP contribution in [-0.2, 0) is 0 Å². The van der Waals surface area contributed by atoms with Crippen molar-refractivity contribution in [3.63, 3.8) is 0 Å². The average molecular weight is 308 g/mol. The van der Waals surface area contributed by atoms with E-state index in [2.05, 4.69) is 0 Å². The molecule has 2 rings (SSSR count). The highest BCUT2D eigenvalue weighted by molar-refractivity contribution is 8.00. The van der Waals surface area contributed by atoms with E-state index in [0.29, 0.717) is 17.9 Å². The van der Waals surface area contributed by atoms with Crippen LogP contribution in [0.3, 0.4) is 0 Å². The Morgan fingerprint density at radius 1 is 1.19 bits per heavy atom. The van der Waals surface area contributed by atoms with Gasteiger partial charge in [-0.3, -0.25) is 4.79 Å². The van der Waals surface area contributed by atoms with Crippen molar-refractivity contribution in [3.05, 3.63) is 59.7 Å². The summed E-state index contributed by atoms with van der Waals surface area (Å²) < 4.78 is 32.0. The van der Waals surface area contributed by atoms with Gasteiger partial charge in [0, 0.05) is 4.90 Å². The maximum absolute atomic E-state index is 13.5. The van der Waals surface area contributed by atoms with Gasteiger partial charge in [0.2, 0.25) is 0 Å². The molecule has 21 heavy (non-hydrogen) atoms. The molecule has 0 radical (unpaired) electrons. The molecule has 0 spiro atoms. The van der Waals surface area contributed by atoms with E-state index in [-0.39, 0.29) is 16.4 Å². The van der Waals surface area contributed by atoms with Gasteiger partial charge < -0.3 is 4.74 Å². The number of hydrogen-bond donors (Lipinski definition) is 0. The summed E-state index contributed by atoms with van der Waals surface area (Å²) in [5, 5.41) is 0. The van der Waals surface area contributed by atoms with Crippen molar-refractivity contribution in [2.75, 3.05) is 12.4 Å². The molecule has 0 bridgehead atoms. The van der Waals surface area contributed by atoms with Crippen molar-refractivity contribution < 1.29 is 18.3 Å². The number of carbonyl (C=O) groups excluding carboxylic acids is 1. The number of carbonyl (C=O) groups is 1. The lowest BCUT2D eigenvalue weighted by molar-refractivity contribution is 0.101. The van der Waals surface area contributed by atoms with Crippen LogP contribution in [-0.4, -0.2) is 18.1 Å². The summed E-state index contributed by atoms with van der Waals surface area (Å²) in [6.07, 6.45) is 0. The summed E-state index contributed by atoms with van der Waals surface area (Å²) in [5.41, 5.74) is 0.448. The van der Waals surface area contributed by atoms with Crippen LogP contribution >= 0.6 is 11.8 Å². The van der Waals surface area contributed by atoms with Gasteiger partial charge >= 0.3 is 0 Å². The first kappa shape index (κ1) is 15.5. The number of thioether (sulfide) groups is 1. The second kappa shape index (κ2) is 7.22. The van der Waals surface area contributed by atoms with Crippen molar-refractivity contribution in [2.24, 2.45) is 0 Å². The third-order valence-corrected chi connectivity index (χ3v) is 3.77. The molecule has 0 saturated carbocycles. The molecule has 0 aliphatic carbocycles. The first-order chi connectivity index (χ1) is 10.1. The molecule has 0 saturated heterocycles. The van der Waals surface area contributed by atoms with Crippen LogP contribution in [0, 0.1) is 11.6 Å². The molecule has 0 unspecified atom stereocenters. The lowest BCUT2D eigenvalue weighted by Gasteiger charge is -2.09. The van der Waals surface area contributed by atoms with E-state index in [9.17, 15) is 13.6 Å². The summed E-state index contributed by atoms with van der Waals surface area (Å²) in [4.78, 5) is 12.3. The van der Waals surface area contributed by atoms with E-state index >= 15 is 0 Å². The predicted octanol–water partition coefficient (Wildman–Crippen LogP) is 4.34. The van der Waals surface area contributed by atoms with Gasteiger partial charge in [-0.05, 0) is 37.3 Å². The zero-order valence-corrected chi connectivity index (χ0v) is 12.3. The van der Waals surface area contributed by atoms with Crippen LogP contribution in [0.4, 0.5) is 8.78 Å². The summed E-state index contributed by atoms with van der Waals surface area (Å²) in [5.74, 6) is -0.726. The van der Waals surface area contributed by atoms with Gasteiger partial charge in [-0.25, -0.2) is 8.78 Å². The van der Waals surface area contributed by atoms with Crippen LogP contribution in [0.25, 0.3) is 0 Å². The fourth-order valence-corrected chi connectivity index (χ4v) is 2.63. The Morgan fingerprint density at radius 2 is 1.95 bits per heavy atom. The molecule has 110 valence electrons. The lowest BCUT2D eigenvalue weighted by Crippen LogP contribution is -2.06. The molecule has 0 aliphatic rings. The highest BCUT2D eigenvalue weighted by Crippen LogP contribution is 2.26. The normalized spacial score (nSPS) is 10.4. The number of benzene rings is 2. The van der Waals surface area contributed by atoms with Gasteiger partial charge in [-0.2, -0.15) is 0 Å². The zero-order chi connectivity index (χ0) is 15.2. The maximum atomic E-state index is 13.5. The molecule has 2 aromatic carbocycles. The first-order valence-electron chi connectivity index (χ1n) is 6.44. The molecule has 2 aromatic rings. The molecular weight excluding hydrogens is 294 g/mol. The van der Waals surface area contributed by atoms with E-state index in [1.165, 1.54) is 0 Å². The lowest BCUT2D eigenvalue weighted by atomic mass is 10.1. The molecule has 0 aliphatic heterocycles. The zero-order valence-electron chi connectivity index (χ0n) is 11.4. The fourth-order valence-electron chi connectivity index (χ4n) is 1.79. The fraction of sp³-hybridized carbons (Fsp3) is 0.188. The standard InChI is InChI=1S/C16H14F2O2S/c1-2-20-15-6-4-3-5-12(15)14(19)10-21-16-9-11(17)7-8-13(16)18/h3-9H,2,10H2,1H3. The topological polar surface area (TPSA) is 26.3 Å². The largest absolute Gasteiger partial charge is 0.493 e. The third-order valence-electron chi connectivity index (χ3n) is 2.74. The summed E-state index contributed by atoms with van der Waals surface area (Å²) >= 11 is 0.971. The number of hydrogen-bond acceptors (Lipinski definition) is 3. The number of ether oxygens (including phenoxy) is 1. The Labute approximate surface area is 126 Å². The van der Waals surface area contributed by atoms with E-state index in [1.807, 2.05) is 6.92 Å². The molecule has 0 atom stereocenters. The van der Waals surface area contributed by atoms with E-state index in [1.54, 1.807) is 24.3 Å². The summed E-state index contributed by atoms with van der Waals surface area (Å²) in [6, 6.07) is 10.1. The Hall–Kier alpha value is -1.88. The predicted molar refractivity (Wildman–Crippen MR) is 79.0 cm³/mol. The number of ketones is 1. The van der Waals surface area contributed by atoms with Gasteiger partial charge in [-0.1, -0.05) is 12.1 Å². The van der Waals surface area contributed by atoms with E-state index < -0.39 is 11.6 Å². The Bertz CT molecular complexity index is 644. The molecule has 5 heteroatoms. The number of rotatable bonds is 6.